The van der Waals surface area contributed by atoms with Gasteiger partial charge in [0.1, 0.15) is 29.3 Å². The third-order valence-electron chi connectivity index (χ3n) is 4.13. The number of β-lactam (4-membered cyclic amide) rings is 1. The molecular weight excluding hydrogens is 463 g/mol. The van der Waals surface area contributed by atoms with Gasteiger partial charge in [0.15, 0.2) is 4.34 Å². The van der Waals surface area contributed by atoms with E-state index in [1.54, 1.807) is 0 Å². The fourth-order valence-electron chi connectivity index (χ4n) is 2.89. The second kappa shape index (κ2) is 9.74. The number of carbonyl (C=O) groups excluding carboxylic acids is 3. The number of carboxylic acids is 1. The summed E-state index contributed by atoms with van der Waals surface area (Å²) < 4.78 is 1.95. The number of amides is 2. The minimum atomic E-state index is -1.41. The molecule has 2 amide bonds. The van der Waals surface area contributed by atoms with E-state index in [9.17, 15) is 19.5 Å². The topological polar surface area (TPSA) is 159 Å². The number of thioether (sulfide) groups is 2. The Morgan fingerprint density at radius 1 is 1.40 bits per heavy atom. The molecule has 1 N–H and O–H groups in total. The van der Waals surface area contributed by atoms with Crippen LogP contribution in [0.4, 0.5) is 0 Å². The number of nitrogens with one attached hydrogen (secondary N) is 1. The van der Waals surface area contributed by atoms with Gasteiger partial charge >= 0.3 is 29.6 Å². The number of tetrazole rings is 1. The SMILES string of the molecule is Cc1nnc(SCC2=C(C(=O)[O-])N3C(=O)[C@@H](NC(=O)Cn4cnnn4)[C@@H]3SC2)s1.[Na+]. The first-order chi connectivity index (χ1) is 13.9. The van der Waals surface area contributed by atoms with E-state index < -0.39 is 29.2 Å². The molecule has 0 spiro atoms. The predicted octanol–water partition coefficient (Wildman–Crippen LogP) is -4.97. The normalized spacial score (nSPS) is 20.3. The number of carbonyl (C=O) groups is 3. The fourth-order valence-corrected chi connectivity index (χ4v) is 6.19. The van der Waals surface area contributed by atoms with Crippen molar-refractivity contribution >= 4 is 52.6 Å². The summed E-state index contributed by atoms with van der Waals surface area (Å²) >= 11 is 4.17. The fraction of sp³-hybridized carbons (Fsp3) is 0.429. The Balaban J connectivity index is 0.00000256. The summed E-state index contributed by atoms with van der Waals surface area (Å²) in [6, 6.07) is -0.807. The maximum atomic E-state index is 12.6. The van der Waals surface area contributed by atoms with E-state index in [0.717, 1.165) is 9.35 Å². The molecule has 0 aliphatic carbocycles. The van der Waals surface area contributed by atoms with Crippen molar-refractivity contribution in [2.45, 2.75) is 29.2 Å². The molecule has 2 aromatic heterocycles. The summed E-state index contributed by atoms with van der Waals surface area (Å²) in [5.74, 6) is -1.57. The van der Waals surface area contributed by atoms with Crippen molar-refractivity contribution < 1.29 is 49.0 Å². The molecule has 4 heterocycles. The molecule has 0 unspecified atom stereocenters. The van der Waals surface area contributed by atoms with Crippen molar-refractivity contribution in [1.29, 1.82) is 0 Å². The van der Waals surface area contributed by atoms with E-state index in [-0.39, 0.29) is 41.8 Å². The van der Waals surface area contributed by atoms with Gasteiger partial charge in [-0.2, -0.15) is 0 Å². The number of rotatable bonds is 7. The predicted molar refractivity (Wildman–Crippen MR) is 100 cm³/mol. The number of hydrogen-bond acceptors (Lipinski definition) is 12. The smallest absolute Gasteiger partial charge is 0.543 e. The van der Waals surface area contributed by atoms with Gasteiger partial charge in [-0.3, -0.25) is 14.5 Å². The number of aromatic nitrogens is 6. The van der Waals surface area contributed by atoms with Gasteiger partial charge in [-0.15, -0.1) is 27.1 Å². The summed E-state index contributed by atoms with van der Waals surface area (Å²) in [7, 11) is 0. The van der Waals surface area contributed by atoms with Crippen molar-refractivity contribution in [1.82, 2.24) is 40.6 Å². The number of hydrogen-bond donors (Lipinski definition) is 1. The number of aliphatic carboxylic acids is 1. The van der Waals surface area contributed by atoms with Crippen LogP contribution in [0.5, 0.6) is 0 Å². The summed E-state index contributed by atoms with van der Waals surface area (Å²) in [6.45, 7) is 1.70. The van der Waals surface area contributed by atoms with Gasteiger partial charge in [0, 0.05) is 11.5 Å². The van der Waals surface area contributed by atoms with Crippen molar-refractivity contribution in [2.75, 3.05) is 11.5 Å². The minimum absolute atomic E-state index is 0. The summed E-state index contributed by atoms with van der Waals surface area (Å²) in [5.41, 5.74) is 0.453. The number of nitrogens with zero attached hydrogens (tertiary/aromatic N) is 7. The van der Waals surface area contributed by atoms with Crippen LogP contribution in [0.25, 0.3) is 0 Å². The molecule has 2 atom stereocenters. The first-order valence-corrected chi connectivity index (χ1v) is 11.1. The van der Waals surface area contributed by atoms with E-state index in [0.29, 0.717) is 17.1 Å². The molecule has 1 fully saturated rings. The second-order valence-electron chi connectivity index (χ2n) is 6.08. The van der Waals surface area contributed by atoms with Crippen LogP contribution in [0, 0.1) is 6.92 Å². The van der Waals surface area contributed by atoms with Crippen LogP contribution in [0.1, 0.15) is 5.01 Å². The van der Waals surface area contributed by atoms with Crippen molar-refractivity contribution in [3.05, 3.63) is 22.6 Å². The minimum Gasteiger partial charge on any atom is -0.543 e. The maximum absolute atomic E-state index is 12.6. The zero-order valence-electron chi connectivity index (χ0n) is 15.8. The van der Waals surface area contributed by atoms with Crippen LogP contribution >= 0.6 is 34.9 Å². The van der Waals surface area contributed by atoms with Crippen LogP contribution in [-0.4, -0.2) is 76.0 Å². The van der Waals surface area contributed by atoms with E-state index in [4.69, 9.17) is 0 Å². The zero-order chi connectivity index (χ0) is 20.5. The molecule has 12 nitrogen and oxygen atoms in total. The van der Waals surface area contributed by atoms with E-state index in [1.165, 1.54) is 50.8 Å². The average molecular weight is 477 g/mol. The molecule has 1 saturated heterocycles. The average Bonchev–Trinajstić information content (AvgIpc) is 3.35. The third-order valence-corrected chi connectivity index (χ3v) is 7.53. The van der Waals surface area contributed by atoms with Crippen molar-refractivity contribution in [3.63, 3.8) is 0 Å². The molecule has 0 aromatic carbocycles. The molecule has 2 aromatic rings. The van der Waals surface area contributed by atoms with Gasteiger partial charge in [-0.25, -0.2) is 4.68 Å². The van der Waals surface area contributed by atoms with Gasteiger partial charge in [0.2, 0.25) is 5.91 Å². The van der Waals surface area contributed by atoms with Crippen LogP contribution in [0.15, 0.2) is 21.9 Å². The number of fused-ring (bicyclic) bond motifs is 1. The van der Waals surface area contributed by atoms with Crippen LogP contribution in [0.3, 0.4) is 0 Å². The zero-order valence-corrected chi connectivity index (χ0v) is 20.3. The maximum Gasteiger partial charge on any atom is 1.00 e. The molecule has 2 aliphatic rings. The van der Waals surface area contributed by atoms with E-state index in [2.05, 4.69) is 31.0 Å². The molecule has 2 aliphatic heterocycles. The summed E-state index contributed by atoms with van der Waals surface area (Å²) in [4.78, 5) is 37.6. The van der Waals surface area contributed by atoms with Crippen molar-refractivity contribution in [3.8, 4) is 0 Å². The van der Waals surface area contributed by atoms with Gasteiger partial charge in [-0.1, -0.05) is 23.1 Å². The third kappa shape index (κ3) is 4.70. The Morgan fingerprint density at radius 3 is 2.83 bits per heavy atom. The van der Waals surface area contributed by atoms with Gasteiger partial charge in [0.25, 0.3) is 5.91 Å². The monoisotopic (exact) mass is 476 g/mol. The first-order valence-electron chi connectivity index (χ1n) is 8.25. The van der Waals surface area contributed by atoms with Crippen LogP contribution < -0.4 is 40.0 Å². The van der Waals surface area contributed by atoms with Crippen LogP contribution in [0.2, 0.25) is 0 Å². The van der Waals surface area contributed by atoms with Crippen LogP contribution in [-0.2, 0) is 20.9 Å². The molecule has 0 saturated carbocycles. The molecule has 152 valence electrons. The van der Waals surface area contributed by atoms with Gasteiger partial charge in [-0.05, 0) is 22.9 Å². The van der Waals surface area contributed by atoms with Gasteiger partial charge in [0.05, 0.1) is 11.7 Å². The largest absolute Gasteiger partial charge is 1.00 e. The Hall–Kier alpha value is -1.52. The van der Waals surface area contributed by atoms with E-state index in [1.807, 2.05) is 6.92 Å². The molecule has 30 heavy (non-hydrogen) atoms. The molecular formula is C14H13N8NaO4S3. The Kier molecular flexibility index (Phi) is 7.52. The number of carboxylic acid groups (broad SMARTS) is 1. The molecule has 4 rings (SSSR count). The van der Waals surface area contributed by atoms with Gasteiger partial charge < -0.3 is 15.2 Å². The van der Waals surface area contributed by atoms with E-state index >= 15 is 0 Å². The van der Waals surface area contributed by atoms with Crippen molar-refractivity contribution in [2.24, 2.45) is 0 Å². The Bertz CT molecular complexity index is 997. The Morgan fingerprint density at radius 2 is 2.20 bits per heavy atom. The standard InChI is InChI=1S/C14H14N8O4S3.Na/c1-6-17-18-14(29-6)28-4-7-3-27-12-9(11(24)22(12)10(7)13(25)26)16-8(23)2-21-5-15-19-20-21;/h5,9,12H,2-4H2,1H3,(H,16,23)(H,25,26);/q;+1/p-1/t9-,12+;/m1./s1. The molecule has 0 radical (unpaired) electrons. The Labute approximate surface area is 204 Å². The second-order valence-corrected chi connectivity index (χ2v) is 9.59. The first kappa shape index (κ1) is 23.1. The number of aryl methyl sites for hydroxylation is 1. The summed E-state index contributed by atoms with van der Waals surface area (Å²) in [6.07, 6.45) is 1.28. The quantitative estimate of drug-likeness (QED) is 0.232. The molecule has 16 heteroatoms. The molecule has 0 bridgehead atoms. The summed E-state index contributed by atoms with van der Waals surface area (Å²) in [5, 5.41) is 33.1.